The van der Waals surface area contributed by atoms with E-state index in [1.165, 1.54) is 20.2 Å². The minimum atomic E-state index is -3.94. The first-order valence-electron chi connectivity index (χ1n) is 9.11. The first kappa shape index (κ1) is 21.7. The molecule has 3 rings (SSSR count). The molecule has 0 spiro atoms. The maximum atomic E-state index is 13.2. The number of hydrogen-bond acceptors (Lipinski definition) is 6. The number of hydrogen-bond donors (Lipinski definition) is 1. The Morgan fingerprint density at radius 3 is 2.50 bits per heavy atom. The van der Waals surface area contributed by atoms with Gasteiger partial charge in [0.2, 0.25) is 0 Å². The van der Waals surface area contributed by atoms with Crippen molar-refractivity contribution < 1.29 is 22.7 Å². The molecule has 2 aromatic carbocycles. The Balaban J connectivity index is 1.85. The first-order chi connectivity index (χ1) is 14.4. The third-order valence-corrected chi connectivity index (χ3v) is 7.18. The Labute approximate surface area is 179 Å². The van der Waals surface area contributed by atoms with Gasteiger partial charge >= 0.3 is 0 Å². The van der Waals surface area contributed by atoms with E-state index in [2.05, 4.69) is 5.32 Å². The molecule has 0 unspecified atom stereocenters. The Kier molecular flexibility index (Phi) is 6.63. The SMILES string of the molecule is CCOc1ccc(N(C)S(=O)(=O)c2ccsc2C(=O)Nc2cccc(OC)c2)cc1. The number of anilines is 2. The van der Waals surface area contributed by atoms with E-state index in [4.69, 9.17) is 9.47 Å². The van der Waals surface area contributed by atoms with Crippen LogP contribution in [0.2, 0.25) is 0 Å². The highest BCUT2D eigenvalue weighted by Crippen LogP contribution is 2.30. The van der Waals surface area contributed by atoms with Crippen molar-refractivity contribution >= 4 is 38.6 Å². The van der Waals surface area contributed by atoms with Crippen LogP contribution in [0.15, 0.2) is 64.9 Å². The third-order valence-electron chi connectivity index (χ3n) is 4.31. The molecule has 0 saturated carbocycles. The highest BCUT2D eigenvalue weighted by atomic mass is 32.2. The number of methoxy groups -OCH3 is 1. The van der Waals surface area contributed by atoms with E-state index in [1.54, 1.807) is 53.9 Å². The lowest BCUT2D eigenvalue weighted by molar-refractivity contribution is 0.102. The molecule has 1 N–H and O–H groups in total. The Hall–Kier alpha value is -3.04. The van der Waals surface area contributed by atoms with E-state index >= 15 is 0 Å². The molecule has 0 fully saturated rings. The maximum Gasteiger partial charge on any atom is 0.267 e. The molecular weight excluding hydrogens is 424 g/mol. The predicted molar refractivity (Wildman–Crippen MR) is 118 cm³/mol. The van der Waals surface area contributed by atoms with Gasteiger partial charge < -0.3 is 14.8 Å². The number of carbonyl (C=O) groups is 1. The third kappa shape index (κ3) is 4.58. The van der Waals surface area contributed by atoms with Gasteiger partial charge in [-0.25, -0.2) is 8.42 Å². The van der Waals surface area contributed by atoms with E-state index in [-0.39, 0.29) is 9.77 Å². The van der Waals surface area contributed by atoms with Crippen LogP contribution in [0.4, 0.5) is 11.4 Å². The normalized spacial score (nSPS) is 11.0. The number of ether oxygens (including phenoxy) is 2. The molecule has 1 heterocycles. The molecule has 7 nitrogen and oxygen atoms in total. The number of rotatable bonds is 8. The van der Waals surface area contributed by atoms with Crippen molar-refractivity contribution in [1.82, 2.24) is 0 Å². The van der Waals surface area contributed by atoms with Gasteiger partial charge in [0, 0.05) is 18.8 Å². The second-order valence-electron chi connectivity index (χ2n) is 6.20. The Morgan fingerprint density at radius 1 is 1.10 bits per heavy atom. The molecule has 0 radical (unpaired) electrons. The number of carbonyl (C=O) groups excluding carboxylic acids is 1. The first-order valence-corrected chi connectivity index (χ1v) is 11.4. The summed E-state index contributed by atoms with van der Waals surface area (Å²) in [7, 11) is -0.957. The molecule has 0 aliphatic rings. The van der Waals surface area contributed by atoms with Crippen molar-refractivity contribution in [3.8, 4) is 11.5 Å². The zero-order valence-electron chi connectivity index (χ0n) is 16.8. The zero-order valence-corrected chi connectivity index (χ0v) is 18.4. The van der Waals surface area contributed by atoms with Crippen molar-refractivity contribution in [3.05, 3.63) is 64.9 Å². The van der Waals surface area contributed by atoms with Gasteiger partial charge in [-0.05, 0) is 54.8 Å². The van der Waals surface area contributed by atoms with Crippen LogP contribution in [0.5, 0.6) is 11.5 Å². The number of nitrogens with one attached hydrogen (secondary N) is 1. The van der Waals surface area contributed by atoms with Crippen molar-refractivity contribution in [1.29, 1.82) is 0 Å². The minimum Gasteiger partial charge on any atom is -0.497 e. The number of thiophene rings is 1. The van der Waals surface area contributed by atoms with E-state index in [1.807, 2.05) is 6.92 Å². The summed E-state index contributed by atoms with van der Waals surface area (Å²) in [5.74, 6) is 0.736. The largest absolute Gasteiger partial charge is 0.497 e. The summed E-state index contributed by atoms with van der Waals surface area (Å²) < 4.78 is 38.1. The van der Waals surface area contributed by atoms with Gasteiger partial charge in [0.1, 0.15) is 21.3 Å². The number of benzene rings is 2. The smallest absolute Gasteiger partial charge is 0.267 e. The van der Waals surface area contributed by atoms with Crippen LogP contribution in [0.1, 0.15) is 16.6 Å². The maximum absolute atomic E-state index is 13.2. The summed E-state index contributed by atoms with van der Waals surface area (Å²) in [6.07, 6.45) is 0. The fraction of sp³-hybridized carbons (Fsp3) is 0.190. The zero-order chi connectivity index (χ0) is 21.7. The van der Waals surface area contributed by atoms with Crippen LogP contribution < -0.4 is 19.1 Å². The average Bonchev–Trinajstić information content (AvgIpc) is 3.25. The summed E-state index contributed by atoms with van der Waals surface area (Å²) in [6.45, 7) is 2.40. The lowest BCUT2D eigenvalue weighted by atomic mass is 10.3. The molecule has 3 aromatic rings. The van der Waals surface area contributed by atoms with Crippen LogP contribution in [0.25, 0.3) is 0 Å². The van der Waals surface area contributed by atoms with Crippen molar-refractivity contribution in [2.24, 2.45) is 0 Å². The molecule has 9 heteroatoms. The number of nitrogens with zero attached hydrogens (tertiary/aromatic N) is 1. The van der Waals surface area contributed by atoms with Crippen LogP contribution in [0, 0.1) is 0 Å². The monoisotopic (exact) mass is 446 g/mol. The molecule has 0 aliphatic heterocycles. The minimum absolute atomic E-state index is 0.0516. The molecule has 0 saturated heterocycles. The van der Waals surface area contributed by atoms with Gasteiger partial charge in [0.15, 0.2) is 0 Å². The topological polar surface area (TPSA) is 84.9 Å². The van der Waals surface area contributed by atoms with Crippen molar-refractivity contribution in [2.75, 3.05) is 30.4 Å². The summed E-state index contributed by atoms with van der Waals surface area (Å²) in [5, 5.41) is 4.31. The highest BCUT2D eigenvalue weighted by molar-refractivity contribution is 7.93. The molecule has 1 aromatic heterocycles. The molecule has 0 bridgehead atoms. The lowest BCUT2D eigenvalue weighted by Crippen LogP contribution is -2.28. The Morgan fingerprint density at radius 2 is 1.83 bits per heavy atom. The summed E-state index contributed by atoms with van der Waals surface area (Å²) in [4.78, 5) is 12.8. The van der Waals surface area contributed by atoms with Gasteiger partial charge in [0.25, 0.3) is 15.9 Å². The van der Waals surface area contributed by atoms with E-state index in [0.717, 1.165) is 15.6 Å². The fourth-order valence-corrected chi connectivity index (χ4v) is 5.25. The second kappa shape index (κ2) is 9.19. The summed E-state index contributed by atoms with van der Waals surface area (Å²) in [6, 6.07) is 15.0. The predicted octanol–water partition coefficient (Wildman–Crippen LogP) is 4.23. The van der Waals surface area contributed by atoms with Crippen LogP contribution in [0.3, 0.4) is 0 Å². The number of amides is 1. The van der Waals surface area contributed by atoms with E-state index in [9.17, 15) is 13.2 Å². The van der Waals surface area contributed by atoms with Crippen LogP contribution in [-0.4, -0.2) is 35.1 Å². The molecule has 0 atom stereocenters. The molecular formula is C21H22N2O5S2. The van der Waals surface area contributed by atoms with Gasteiger partial charge in [-0.1, -0.05) is 6.07 Å². The van der Waals surface area contributed by atoms with Crippen molar-refractivity contribution in [2.45, 2.75) is 11.8 Å². The van der Waals surface area contributed by atoms with Gasteiger partial charge in [0.05, 0.1) is 19.4 Å². The number of sulfonamides is 1. The average molecular weight is 447 g/mol. The summed E-state index contributed by atoms with van der Waals surface area (Å²) >= 11 is 1.07. The van der Waals surface area contributed by atoms with Crippen molar-refractivity contribution in [3.63, 3.8) is 0 Å². The quantitative estimate of drug-likeness (QED) is 0.560. The molecule has 30 heavy (non-hydrogen) atoms. The standard InChI is InChI=1S/C21H22N2O5S2/c1-4-28-17-10-8-16(9-11-17)23(2)30(25,26)19-12-13-29-20(19)21(24)22-15-6-5-7-18(14-15)27-3/h5-14H,4H2,1-3H3,(H,22,24). The van der Waals surface area contributed by atoms with E-state index < -0.39 is 15.9 Å². The molecule has 1 amide bonds. The second-order valence-corrected chi connectivity index (χ2v) is 9.05. The van der Waals surface area contributed by atoms with Gasteiger partial charge in [-0.3, -0.25) is 9.10 Å². The summed E-state index contributed by atoms with van der Waals surface area (Å²) in [5.41, 5.74) is 0.972. The van der Waals surface area contributed by atoms with Crippen LogP contribution in [-0.2, 0) is 10.0 Å². The van der Waals surface area contributed by atoms with Crippen LogP contribution >= 0.6 is 11.3 Å². The fourth-order valence-electron chi connectivity index (χ4n) is 2.76. The Bertz CT molecular complexity index is 1120. The highest BCUT2D eigenvalue weighted by Gasteiger charge is 2.28. The molecule has 0 aliphatic carbocycles. The van der Waals surface area contributed by atoms with Gasteiger partial charge in [-0.2, -0.15) is 0 Å². The van der Waals surface area contributed by atoms with E-state index in [0.29, 0.717) is 29.5 Å². The lowest BCUT2D eigenvalue weighted by Gasteiger charge is -2.20. The van der Waals surface area contributed by atoms with Gasteiger partial charge in [-0.15, -0.1) is 11.3 Å². The molecule has 158 valence electrons.